The van der Waals surface area contributed by atoms with Crippen molar-refractivity contribution in [2.24, 2.45) is 0 Å². The molecular formula is C23H18N6O3S. The van der Waals surface area contributed by atoms with Crippen LogP contribution in [0.3, 0.4) is 0 Å². The predicted octanol–water partition coefficient (Wildman–Crippen LogP) is 3.55. The molecule has 10 heteroatoms. The molecule has 2 aromatic heterocycles. The van der Waals surface area contributed by atoms with Crippen molar-refractivity contribution in [3.63, 3.8) is 0 Å². The lowest BCUT2D eigenvalue weighted by atomic mass is 10.2. The van der Waals surface area contributed by atoms with Gasteiger partial charge < -0.3 is 9.80 Å². The number of aromatic nitrogens is 2. The van der Waals surface area contributed by atoms with Crippen LogP contribution >= 0.6 is 11.3 Å². The number of piperazine rings is 1. The number of anilines is 2. The van der Waals surface area contributed by atoms with E-state index in [1.807, 2.05) is 18.2 Å². The van der Waals surface area contributed by atoms with Gasteiger partial charge in [0.25, 0.3) is 11.2 Å². The van der Waals surface area contributed by atoms with Gasteiger partial charge in [0.15, 0.2) is 0 Å². The number of nitrogens with zero attached hydrogens (tertiary/aromatic N) is 6. The van der Waals surface area contributed by atoms with Crippen molar-refractivity contribution in [1.82, 2.24) is 9.55 Å². The topological polar surface area (TPSA) is 108 Å². The van der Waals surface area contributed by atoms with Gasteiger partial charge in [-0.05, 0) is 18.2 Å². The van der Waals surface area contributed by atoms with E-state index in [1.54, 1.807) is 6.07 Å². The largest absolute Gasteiger partial charge is 0.368 e. The van der Waals surface area contributed by atoms with Crippen LogP contribution in [-0.2, 0) is 0 Å². The van der Waals surface area contributed by atoms with Gasteiger partial charge in [0, 0.05) is 44.0 Å². The van der Waals surface area contributed by atoms with Crippen molar-refractivity contribution in [3.8, 4) is 11.8 Å². The zero-order valence-electron chi connectivity index (χ0n) is 17.4. The summed E-state index contributed by atoms with van der Waals surface area (Å²) >= 11 is 1.25. The van der Waals surface area contributed by atoms with E-state index in [1.165, 1.54) is 40.4 Å². The van der Waals surface area contributed by atoms with E-state index >= 15 is 0 Å². The van der Waals surface area contributed by atoms with Crippen LogP contribution < -0.4 is 15.4 Å². The number of nitro benzene ring substituents is 1. The molecule has 0 spiro atoms. The number of thiophene rings is 1. The van der Waals surface area contributed by atoms with E-state index in [4.69, 9.17) is 0 Å². The lowest BCUT2D eigenvalue weighted by molar-refractivity contribution is -0.384. The number of hydrogen-bond donors (Lipinski definition) is 0. The average molecular weight is 459 g/mol. The van der Waals surface area contributed by atoms with E-state index in [0.717, 1.165) is 36.9 Å². The van der Waals surface area contributed by atoms with Crippen LogP contribution in [0.5, 0.6) is 0 Å². The fourth-order valence-corrected chi connectivity index (χ4v) is 5.21. The van der Waals surface area contributed by atoms with E-state index in [0.29, 0.717) is 21.5 Å². The minimum Gasteiger partial charge on any atom is -0.368 e. The van der Waals surface area contributed by atoms with Gasteiger partial charge in [-0.2, -0.15) is 5.26 Å². The molecular weight excluding hydrogens is 440 g/mol. The summed E-state index contributed by atoms with van der Waals surface area (Å²) in [6.45, 7) is 3.04. The standard InChI is InChI=1S/C23H18N6O3S/c24-14-19-20-21(22(30)28(15-25-20)17-7-4-8-18(13-17)29(31)32)33-23(19)27-11-9-26(10-12-27)16-5-2-1-3-6-16/h1-8,13,15H,9-12H2. The molecule has 0 radical (unpaired) electrons. The maximum Gasteiger partial charge on any atom is 0.275 e. The molecule has 0 N–H and O–H groups in total. The lowest BCUT2D eigenvalue weighted by Crippen LogP contribution is -2.46. The zero-order chi connectivity index (χ0) is 22.9. The number of benzene rings is 2. The van der Waals surface area contributed by atoms with Crippen LogP contribution in [0.1, 0.15) is 5.56 Å². The Morgan fingerprint density at radius 2 is 1.70 bits per heavy atom. The van der Waals surface area contributed by atoms with Gasteiger partial charge in [-0.25, -0.2) is 4.98 Å². The number of para-hydroxylation sites is 1. The Bertz CT molecular complexity index is 1450. The van der Waals surface area contributed by atoms with Gasteiger partial charge in [0.2, 0.25) is 0 Å². The van der Waals surface area contributed by atoms with E-state index in [-0.39, 0.29) is 11.2 Å². The molecule has 33 heavy (non-hydrogen) atoms. The fraction of sp³-hybridized carbons (Fsp3) is 0.174. The maximum absolute atomic E-state index is 13.2. The van der Waals surface area contributed by atoms with Gasteiger partial charge in [-0.1, -0.05) is 24.3 Å². The molecule has 4 aromatic rings. The molecule has 0 amide bonds. The highest BCUT2D eigenvalue weighted by Gasteiger charge is 2.25. The Morgan fingerprint density at radius 3 is 2.39 bits per heavy atom. The first-order chi connectivity index (χ1) is 16.1. The highest BCUT2D eigenvalue weighted by molar-refractivity contribution is 7.23. The van der Waals surface area contributed by atoms with Crippen molar-refractivity contribution in [3.05, 3.63) is 87.0 Å². The van der Waals surface area contributed by atoms with Gasteiger partial charge in [-0.3, -0.25) is 19.5 Å². The number of fused-ring (bicyclic) bond motifs is 1. The van der Waals surface area contributed by atoms with Gasteiger partial charge >= 0.3 is 0 Å². The molecule has 0 atom stereocenters. The fourth-order valence-electron chi connectivity index (χ4n) is 4.03. The third kappa shape index (κ3) is 3.68. The van der Waals surface area contributed by atoms with Crippen molar-refractivity contribution in [1.29, 1.82) is 5.26 Å². The van der Waals surface area contributed by atoms with E-state index < -0.39 is 4.92 Å². The van der Waals surface area contributed by atoms with Gasteiger partial charge in [-0.15, -0.1) is 11.3 Å². The van der Waals surface area contributed by atoms with Crippen molar-refractivity contribution in [2.75, 3.05) is 36.0 Å². The number of non-ortho nitro benzene ring substituents is 1. The Kier molecular flexibility index (Phi) is 5.24. The summed E-state index contributed by atoms with van der Waals surface area (Å²) in [5, 5.41) is 21.7. The van der Waals surface area contributed by atoms with E-state index in [9.17, 15) is 20.2 Å². The smallest absolute Gasteiger partial charge is 0.275 e. The Balaban J connectivity index is 1.49. The van der Waals surface area contributed by atoms with Crippen LogP contribution in [0, 0.1) is 21.4 Å². The molecule has 1 aliphatic heterocycles. The monoisotopic (exact) mass is 458 g/mol. The SMILES string of the molecule is N#Cc1c(N2CCN(c3ccccc3)CC2)sc2c(=O)n(-c3cccc([N+](=O)[O-])c3)cnc12. The third-order valence-corrected chi connectivity index (χ3v) is 6.93. The normalized spacial score (nSPS) is 13.8. The highest BCUT2D eigenvalue weighted by atomic mass is 32.1. The second-order valence-electron chi connectivity index (χ2n) is 7.58. The second-order valence-corrected chi connectivity index (χ2v) is 8.58. The Morgan fingerprint density at radius 1 is 1.00 bits per heavy atom. The molecule has 2 aromatic carbocycles. The van der Waals surface area contributed by atoms with Crippen LogP contribution in [-0.4, -0.2) is 40.7 Å². The maximum atomic E-state index is 13.2. The zero-order valence-corrected chi connectivity index (χ0v) is 18.2. The van der Waals surface area contributed by atoms with Crippen molar-refractivity contribution < 1.29 is 4.92 Å². The number of nitriles is 1. The van der Waals surface area contributed by atoms with Crippen LogP contribution in [0.4, 0.5) is 16.4 Å². The molecule has 1 aliphatic rings. The first kappa shape index (κ1) is 20.7. The highest BCUT2D eigenvalue weighted by Crippen LogP contribution is 2.36. The Hall–Kier alpha value is -4.23. The van der Waals surface area contributed by atoms with Crippen LogP contribution in [0.2, 0.25) is 0 Å². The summed E-state index contributed by atoms with van der Waals surface area (Å²) in [6.07, 6.45) is 1.33. The minimum absolute atomic E-state index is 0.111. The molecule has 1 fully saturated rings. The number of hydrogen-bond acceptors (Lipinski definition) is 8. The second kappa shape index (κ2) is 8.37. The van der Waals surface area contributed by atoms with E-state index in [2.05, 4.69) is 33.0 Å². The summed E-state index contributed by atoms with van der Waals surface area (Å²) in [5.41, 5.74) is 1.82. The molecule has 0 aliphatic carbocycles. The molecule has 0 bridgehead atoms. The molecule has 0 unspecified atom stereocenters. The summed E-state index contributed by atoms with van der Waals surface area (Å²) in [4.78, 5) is 32.7. The molecule has 1 saturated heterocycles. The summed E-state index contributed by atoms with van der Waals surface area (Å²) in [7, 11) is 0. The van der Waals surface area contributed by atoms with Crippen molar-refractivity contribution >= 4 is 37.9 Å². The molecule has 3 heterocycles. The van der Waals surface area contributed by atoms with Crippen molar-refractivity contribution in [2.45, 2.75) is 0 Å². The average Bonchev–Trinajstić information content (AvgIpc) is 3.24. The number of rotatable bonds is 4. The summed E-state index contributed by atoms with van der Waals surface area (Å²) < 4.78 is 1.64. The minimum atomic E-state index is -0.507. The summed E-state index contributed by atoms with van der Waals surface area (Å²) in [6, 6.07) is 18.2. The Labute approximate surface area is 192 Å². The molecule has 9 nitrogen and oxygen atoms in total. The number of nitro groups is 1. The first-order valence-electron chi connectivity index (χ1n) is 10.3. The first-order valence-corrected chi connectivity index (χ1v) is 11.1. The molecule has 0 saturated carbocycles. The summed E-state index contributed by atoms with van der Waals surface area (Å²) in [5.74, 6) is 0. The van der Waals surface area contributed by atoms with Gasteiger partial charge in [0.1, 0.15) is 33.2 Å². The lowest BCUT2D eigenvalue weighted by Gasteiger charge is -2.36. The van der Waals surface area contributed by atoms with Gasteiger partial charge in [0.05, 0.1) is 10.6 Å². The van der Waals surface area contributed by atoms with Crippen LogP contribution in [0.25, 0.3) is 15.9 Å². The third-order valence-electron chi connectivity index (χ3n) is 5.70. The molecule has 5 rings (SSSR count). The molecule has 164 valence electrons. The quantitative estimate of drug-likeness (QED) is 0.340. The predicted molar refractivity (Wildman–Crippen MR) is 127 cm³/mol. The van der Waals surface area contributed by atoms with Crippen LogP contribution in [0.15, 0.2) is 65.7 Å².